The third-order valence-corrected chi connectivity index (χ3v) is 7.82. The number of sulfonamides is 1. The van der Waals surface area contributed by atoms with Crippen molar-refractivity contribution in [1.29, 1.82) is 0 Å². The number of hydrogen-bond acceptors (Lipinski definition) is 4. The summed E-state index contributed by atoms with van der Waals surface area (Å²) in [4.78, 5) is 28.1. The van der Waals surface area contributed by atoms with E-state index in [9.17, 15) is 18.0 Å². The molecule has 8 heteroatoms. The topological polar surface area (TPSA) is 99.3 Å². The summed E-state index contributed by atoms with van der Waals surface area (Å²) in [6.07, 6.45) is 1.83. The zero-order valence-corrected chi connectivity index (χ0v) is 19.0. The molecule has 1 saturated heterocycles. The van der Waals surface area contributed by atoms with Gasteiger partial charge in [0.15, 0.2) is 0 Å². The minimum atomic E-state index is -3.70. The summed E-state index contributed by atoms with van der Waals surface area (Å²) in [5.41, 5.74) is 1.07. The van der Waals surface area contributed by atoms with Crippen LogP contribution in [0.25, 0.3) is 10.9 Å². The van der Waals surface area contributed by atoms with Gasteiger partial charge in [-0.05, 0) is 49.4 Å². The second kappa shape index (κ2) is 8.88. The number of aromatic nitrogens is 1. The molecule has 1 fully saturated rings. The maximum atomic E-state index is 13.2. The van der Waals surface area contributed by atoms with E-state index in [4.69, 9.17) is 0 Å². The van der Waals surface area contributed by atoms with E-state index in [1.807, 2.05) is 44.2 Å². The fourth-order valence-electron chi connectivity index (χ4n) is 4.19. The van der Waals surface area contributed by atoms with Crippen molar-refractivity contribution in [3.63, 3.8) is 0 Å². The number of pyridine rings is 1. The van der Waals surface area contributed by atoms with Crippen LogP contribution in [0.15, 0.2) is 64.3 Å². The molecule has 32 heavy (non-hydrogen) atoms. The van der Waals surface area contributed by atoms with E-state index >= 15 is 0 Å². The Balaban J connectivity index is 1.71. The molecule has 0 spiro atoms. The van der Waals surface area contributed by atoms with Gasteiger partial charge in [-0.1, -0.05) is 37.3 Å². The quantitative estimate of drug-likeness (QED) is 0.618. The van der Waals surface area contributed by atoms with Crippen LogP contribution in [0.1, 0.15) is 48.7 Å². The summed E-state index contributed by atoms with van der Waals surface area (Å²) in [6.45, 7) is 4.87. The van der Waals surface area contributed by atoms with Crippen LogP contribution >= 0.6 is 0 Å². The maximum Gasteiger partial charge on any atom is 0.252 e. The van der Waals surface area contributed by atoms with Crippen LogP contribution in [-0.2, 0) is 10.0 Å². The van der Waals surface area contributed by atoms with Gasteiger partial charge in [-0.25, -0.2) is 8.42 Å². The van der Waals surface area contributed by atoms with Gasteiger partial charge in [-0.15, -0.1) is 0 Å². The van der Waals surface area contributed by atoms with E-state index in [0.717, 1.165) is 18.4 Å². The zero-order valence-electron chi connectivity index (χ0n) is 18.2. The Morgan fingerprint density at radius 1 is 1.16 bits per heavy atom. The predicted octanol–water partition coefficient (Wildman–Crippen LogP) is 3.44. The Labute approximate surface area is 187 Å². The Morgan fingerprint density at radius 3 is 2.62 bits per heavy atom. The summed E-state index contributed by atoms with van der Waals surface area (Å²) in [5.74, 6) is -0.130. The van der Waals surface area contributed by atoms with E-state index < -0.39 is 21.5 Å². The van der Waals surface area contributed by atoms with Crippen molar-refractivity contribution in [2.24, 2.45) is 5.92 Å². The molecule has 2 N–H and O–H groups in total. The number of H-pyrrole nitrogens is 1. The first kappa shape index (κ1) is 22.2. The predicted molar refractivity (Wildman–Crippen MR) is 124 cm³/mol. The van der Waals surface area contributed by atoms with E-state index in [1.54, 1.807) is 6.07 Å². The number of amides is 1. The molecule has 168 valence electrons. The Morgan fingerprint density at radius 2 is 1.91 bits per heavy atom. The molecule has 0 saturated carbocycles. The molecule has 0 unspecified atom stereocenters. The number of fused-ring (bicyclic) bond motifs is 1. The van der Waals surface area contributed by atoms with Crippen molar-refractivity contribution in [1.82, 2.24) is 14.6 Å². The first-order valence-corrected chi connectivity index (χ1v) is 12.2. The first-order chi connectivity index (χ1) is 15.3. The van der Waals surface area contributed by atoms with Gasteiger partial charge in [0.05, 0.1) is 16.5 Å². The number of piperidine rings is 1. The molecule has 4 rings (SSSR count). The average Bonchev–Trinajstić information content (AvgIpc) is 2.78. The van der Waals surface area contributed by atoms with Gasteiger partial charge in [0, 0.05) is 30.1 Å². The smallest absolute Gasteiger partial charge is 0.252 e. The number of nitrogens with zero attached hydrogens (tertiary/aromatic N) is 1. The lowest BCUT2D eigenvalue weighted by molar-refractivity contribution is 0.0941. The molecule has 1 amide bonds. The van der Waals surface area contributed by atoms with Gasteiger partial charge < -0.3 is 10.3 Å². The lowest BCUT2D eigenvalue weighted by atomic mass is 10.0. The summed E-state index contributed by atoms with van der Waals surface area (Å²) >= 11 is 0. The summed E-state index contributed by atoms with van der Waals surface area (Å²) in [5, 5.41) is 3.30. The number of carbonyl (C=O) groups excluding carboxylic acids is 1. The second-order valence-corrected chi connectivity index (χ2v) is 10.4. The van der Waals surface area contributed by atoms with Crippen molar-refractivity contribution >= 4 is 26.8 Å². The van der Waals surface area contributed by atoms with Gasteiger partial charge in [0.1, 0.15) is 0 Å². The molecule has 2 aromatic carbocycles. The number of rotatable bonds is 5. The third kappa shape index (κ3) is 4.47. The van der Waals surface area contributed by atoms with Gasteiger partial charge in [0.2, 0.25) is 15.6 Å². The van der Waals surface area contributed by atoms with Crippen LogP contribution in [0.4, 0.5) is 0 Å². The van der Waals surface area contributed by atoms with Gasteiger partial charge in [0.25, 0.3) is 5.91 Å². The molecule has 2 atom stereocenters. The highest BCUT2D eigenvalue weighted by Gasteiger charge is 2.29. The number of aromatic amines is 1. The largest absolute Gasteiger partial charge is 0.345 e. The van der Waals surface area contributed by atoms with Crippen LogP contribution in [0.5, 0.6) is 0 Å². The number of carbonyl (C=O) groups is 1. The summed E-state index contributed by atoms with van der Waals surface area (Å²) in [6, 6.07) is 15.0. The highest BCUT2D eigenvalue weighted by molar-refractivity contribution is 7.89. The van der Waals surface area contributed by atoms with Gasteiger partial charge >= 0.3 is 0 Å². The van der Waals surface area contributed by atoms with E-state index in [0.29, 0.717) is 29.9 Å². The molecular formula is C24H27N3O4S. The Kier molecular flexibility index (Phi) is 6.17. The average molecular weight is 454 g/mol. The molecule has 0 aliphatic carbocycles. The van der Waals surface area contributed by atoms with Gasteiger partial charge in [-0.3, -0.25) is 9.59 Å². The van der Waals surface area contributed by atoms with Crippen molar-refractivity contribution in [3.05, 3.63) is 76.1 Å². The minimum absolute atomic E-state index is 0.122. The Bertz CT molecular complexity index is 1300. The molecule has 1 aromatic heterocycles. The zero-order chi connectivity index (χ0) is 22.9. The third-order valence-electron chi connectivity index (χ3n) is 5.96. The molecule has 3 aromatic rings. The standard InChI is InChI=1S/C24H27N3O4S/c1-16-7-6-12-27(15-16)32(30,31)19-10-11-22-20(13-19)21(14-23(28)26-22)24(29)25-17(2)18-8-4-3-5-9-18/h3-5,8-11,13-14,16-17H,6-7,12,15H2,1-2H3,(H,25,29)(H,26,28)/t16-,17+/m1/s1. The van der Waals surface area contributed by atoms with Crippen molar-refractivity contribution in [2.75, 3.05) is 13.1 Å². The van der Waals surface area contributed by atoms with E-state index in [-0.39, 0.29) is 16.5 Å². The van der Waals surface area contributed by atoms with Gasteiger partial charge in [-0.2, -0.15) is 4.31 Å². The number of hydrogen-bond donors (Lipinski definition) is 2. The van der Waals surface area contributed by atoms with Crippen molar-refractivity contribution in [3.8, 4) is 0 Å². The molecule has 1 aliphatic rings. The second-order valence-electron chi connectivity index (χ2n) is 8.47. The highest BCUT2D eigenvalue weighted by atomic mass is 32.2. The monoisotopic (exact) mass is 453 g/mol. The lowest BCUT2D eigenvalue weighted by Crippen LogP contribution is -2.39. The minimum Gasteiger partial charge on any atom is -0.345 e. The molecule has 0 radical (unpaired) electrons. The first-order valence-electron chi connectivity index (χ1n) is 10.8. The van der Waals surface area contributed by atoms with Crippen LogP contribution in [-0.4, -0.2) is 36.7 Å². The summed E-state index contributed by atoms with van der Waals surface area (Å²) < 4.78 is 28.0. The van der Waals surface area contributed by atoms with E-state index in [1.165, 1.54) is 22.5 Å². The molecule has 2 heterocycles. The molecular weight excluding hydrogens is 426 g/mol. The van der Waals surface area contributed by atoms with Crippen LogP contribution in [0, 0.1) is 5.92 Å². The molecule has 0 bridgehead atoms. The summed E-state index contributed by atoms with van der Waals surface area (Å²) in [7, 11) is -3.70. The number of benzene rings is 2. The van der Waals surface area contributed by atoms with Crippen LogP contribution < -0.4 is 10.9 Å². The Hall–Kier alpha value is -2.97. The van der Waals surface area contributed by atoms with Crippen LogP contribution in [0.3, 0.4) is 0 Å². The van der Waals surface area contributed by atoms with Crippen LogP contribution in [0.2, 0.25) is 0 Å². The highest BCUT2D eigenvalue weighted by Crippen LogP contribution is 2.26. The lowest BCUT2D eigenvalue weighted by Gasteiger charge is -2.30. The van der Waals surface area contributed by atoms with Crippen molar-refractivity contribution in [2.45, 2.75) is 37.6 Å². The van der Waals surface area contributed by atoms with E-state index in [2.05, 4.69) is 10.3 Å². The fraction of sp³-hybridized carbons (Fsp3) is 0.333. The normalized spacial score (nSPS) is 18.4. The molecule has 1 aliphatic heterocycles. The number of nitrogens with one attached hydrogen (secondary N) is 2. The van der Waals surface area contributed by atoms with Crippen molar-refractivity contribution < 1.29 is 13.2 Å². The SMILES string of the molecule is C[C@@H]1CCCN(S(=O)(=O)c2ccc3[nH]c(=O)cc(C(=O)N[C@@H](C)c4ccccc4)c3c2)C1. The fourth-order valence-corrected chi connectivity index (χ4v) is 5.82. The maximum absolute atomic E-state index is 13.2. The molecule has 7 nitrogen and oxygen atoms in total.